The summed E-state index contributed by atoms with van der Waals surface area (Å²) in [5, 5.41) is 4.55. The zero-order valence-corrected chi connectivity index (χ0v) is 28.0. The summed E-state index contributed by atoms with van der Waals surface area (Å²) in [6.45, 7) is 0. The van der Waals surface area contributed by atoms with E-state index in [1.165, 1.54) is 22.3 Å². The average molecular weight is 667 g/mol. The standard InChI is InChI=1S/C48H30N2O2/c1-3-11-31(12-4-1)33-19-23-35(24-20-33)49-41-17-9-7-15-37(41)39-27-29-43-47(45(39)49)51-44-30-28-40-38-16-8-10-18-42(38)50(46(40)48(44)52-43)36-25-21-34(22-26-36)32-13-5-2-6-14-32/h1-30H. The molecule has 0 bridgehead atoms. The summed E-state index contributed by atoms with van der Waals surface area (Å²) in [7, 11) is 0. The van der Waals surface area contributed by atoms with Crippen LogP contribution in [0.3, 0.4) is 0 Å². The van der Waals surface area contributed by atoms with Gasteiger partial charge in [-0.15, -0.1) is 0 Å². The van der Waals surface area contributed by atoms with Crippen LogP contribution in [0.15, 0.2) is 182 Å². The molecule has 1 aliphatic rings. The van der Waals surface area contributed by atoms with Crippen LogP contribution in [0.1, 0.15) is 0 Å². The third kappa shape index (κ3) is 4.28. The monoisotopic (exact) mass is 666 g/mol. The van der Waals surface area contributed by atoms with E-state index in [-0.39, 0.29) is 0 Å². The number of fused-ring (bicyclic) bond motifs is 10. The number of benzene rings is 8. The van der Waals surface area contributed by atoms with Gasteiger partial charge in [-0.05, 0) is 82.9 Å². The number of ether oxygens (including phenoxy) is 2. The van der Waals surface area contributed by atoms with E-state index < -0.39 is 0 Å². The summed E-state index contributed by atoms with van der Waals surface area (Å²) in [6.07, 6.45) is 0. The van der Waals surface area contributed by atoms with Crippen LogP contribution in [0.25, 0.3) is 77.2 Å². The lowest BCUT2D eigenvalue weighted by Crippen LogP contribution is -2.04. The van der Waals surface area contributed by atoms with Crippen LogP contribution in [0.4, 0.5) is 0 Å². The third-order valence-electron chi connectivity index (χ3n) is 10.4. The van der Waals surface area contributed by atoms with Crippen LogP contribution in [-0.4, -0.2) is 9.13 Å². The van der Waals surface area contributed by atoms with Crippen molar-refractivity contribution in [2.75, 3.05) is 0 Å². The lowest BCUT2D eigenvalue weighted by atomic mass is 10.1. The highest BCUT2D eigenvalue weighted by molar-refractivity contribution is 6.14. The van der Waals surface area contributed by atoms with Gasteiger partial charge in [0.2, 0.25) is 0 Å². The first-order valence-electron chi connectivity index (χ1n) is 17.6. The number of hydrogen-bond donors (Lipinski definition) is 0. The van der Waals surface area contributed by atoms with Crippen molar-refractivity contribution in [2.45, 2.75) is 0 Å². The molecule has 10 aromatic rings. The fraction of sp³-hybridized carbons (Fsp3) is 0. The van der Waals surface area contributed by atoms with E-state index >= 15 is 0 Å². The zero-order valence-electron chi connectivity index (χ0n) is 28.0. The lowest BCUT2D eigenvalue weighted by molar-refractivity contribution is 0.365. The molecule has 11 rings (SSSR count). The average Bonchev–Trinajstić information content (AvgIpc) is 3.75. The van der Waals surface area contributed by atoms with Gasteiger partial charge in [0.05, 0.1) is 11.0 Å². The lowest BCUT2D eigenvalue weighted by Gasteiger charge is -2.24. The molecule has 0 atom stereocenters. The van der Waals surface area contributed by atoms with Crippen LogP contribution >= 0.6 is 0 Å². The van der Waals surface area contributed by atoms with Crippen molar-refractivity contribution >= 4 is 43.6 Å². The minimum atomic E-state index is 0.689. The van der Waals surface area contributed by atoms with Gasteiger partial charge in [-0.2, -0.15) is 0 Å². The van der Waals surface area contributed by atoms with Crippen molar-refractivity contribution in [3.8, 4) is 56.6 Å². The second kappa shape index (κ2) is 11.2. The van der Waals surface area contributed by atoms with Crippen molar-refractivity contribution < 1.29 is 9.47 Å². The molecule has 0 aliphatic carbocycles. The van der Waals surface area contributed by atoms with E-state index in [0.29, 0.717) is 23.0 Å². The zero-order chi connectivity index (χ0) is 34.2. The van der Waals surface area contributed by atoms with E-state index in [0.717, 1.165) is 55.0 Å². The van der Waals surface area contributed by atoms with E-state index in [1.54, 1.807) is 0 Å². The van der Waals surface area contributed by atoms with Crippen molar-refractivity contribution in [1.82, 2.24) is 9.13 Å². The Morgan fingerprint density at radius 3 is 1.08 bits per heavy atom. The molecular formula is C48H30N2O2. The van der Waals surface area contributed by atoms with Crippen LogP contribution < -0.4 is 9.47 Å². The largest absolute Gasteiger partial charge is 0.447 e. The molecule has 244 valence electrons. The molecule has 0 N–H and O–H groups in total. The maximum Gasteiger partial charge on any atom is 0.194 e. The molecule has 0 amide bonds. The molecule has 0 saturated heterocycles. The number of rotatable bonds is 4. The molecule has 0 unspecified atom stereocenters. The van der Waals surface area contributed by atoms with Crippen LogP contribution in [0.2, 0.25) is 0 Å². The number of aromatic nitrogens is 2. The van der Waals surface area contributed by atoms with Gasteiger partial charge in [-0.3, -0.25) is 0 Å². The molecule has 8 aromatic carbocycles. The summed E-state index contributed by atoms with van der Waals surface area (Å²) < 4.78 is 18.6. The molecule has 0 radical (unpaired) electrons. The molecule has 52 heavy (non-hydrogen) atoms. The van der Waals surface area contributed by atoms with Gasteiger partial charge in [0.25, 0.3) is 0 Å². The molecule has 2 aromatic heterocycles. The smallest absolute Gasteiger partial charge is 0.194 e. The Labute approximate surface area is 300 Å². The van der Waals surface area contributed by atoms with Crippen molar-refractivity contribution in [3.63, 3.8) is 0 Å². The first kappa shape index (κ1) is 28.8. The molecular weight excluding hydrogens is 637 g/mol. The Kier molecular flexibility index (Phi) is 6.22. The molecule has 4 nitrogen and oxygen atoms in total. The van der Waals surface area contributed by atoms with Gasteiger partial charge in [-0.1, -0.05) is 121 Å². The van der Waals surface area contributed by atoms with Crippen LogP contribution in [0.5, 0.6) is 23.0 Å². The molecule has 3 heterocycles. The Hall–Kier alpha value is -7.04. The second-order valence-corrected chi connectivity index (χ2v) is 13.3. The summed E-state index contributed by atoms with van der Waals surface area (Å²) >= 11 is 0. The maximum absolute atomic E-state index is 6.99. The van der Waals surface area contributed by atoms with Crippen molar-refractivity contribution in [1.29, 1.82) is 0 Å². The van der Waals surface area contributed by atoms with Gasteiger partial charge < -0.3 is 18.6 Å². The van der Waals surface area contributed by atoms with E-state index in [9.17, 15) is 0 Å². The predicted molar refractivity (Wildman–Crippen MR) is 213 cm³/mol. The number of hydrogen-bond acceptors (Lipinski definition) is 2. The van der Waals surface area contributed by atoms with Crippen LogP contribution in [0, 0.1) is 0 Å². The number of nitrogens with zero attached hydrogens (tertiary/aromatic N) is 2. The Balaban J connectivity index is 1.09. The summed E-state index contributed by atoms with van der Waals surface area (Å²) in [4.78, 5) is 0. The van der Waals surface area contributed by atoms with Gasteiger partial charge in [0.15, 0.2) is 23.0 Å². The fourth-order valence-electron chi connectivity index (χ4n) is 8.00. The SMILES string of the molecule is c1ccc(-c2ccc(-n3c4ccccc4c4ccc5c(c43)Oc3ccc4c6ccccc6n(-c6ccc(-c7ccccc7)cc6)c4c3O5)cc2)cc1. The molecule has 0 fully saturated rings. The third-order valence-corrected chi connectivity index (χ3v) is 10.4. The fourth-order valence-corrected chi connectivity index (χ4v) is 8.00. The Bertz CT molecular complexity index is 2770. The molecule has 4 heteroatoms. The van der Waals surface area contributed by atoms with Gasteiger partial charge in [0, 0.05) is 32.9 Å². The molecule has 1 aliphatic heterocycles. The maximum atomic E-state index is 6.99. The van der Waals surface area contributed by atoms with Crippen molar-refractivity contribution in [2.24, 2.45) is 0 Å². The van der Waals surface area contributed by atoms with Crippen LogP contribution in [-0.2, 0) is 0 Å². The minimum absolute atomic E-state index is 0.689. The highest BCUT2D eigenvalue weighted by Crippen LogP contribution is 2.54. The highest BCUT2D eigenvalue weighted by atomic mass is 16.6. The topological polar surface area (TPSA) is 28.3 Å². The minimum Gasteiger partial charge on any atom is -0.447 e. The van der Waals surface area contributed by atoms with E-state index in [2.05, 4.69) is 179 Å². The first-order chi connectivity index (χ1) is 25.8. The summed E-state index contributed by atoms with van der Waals surface area (Å²) in [5.41, 5.74) is 11.0. The Morgan fingerprint density at radius 1 is 0.288 bits per heavy atom. The Morgan fingerprint density at radius 2 is 0.654 bits per heavy atom. The quantitative estimate of drug-likeness (QED) is 0.187. The summed E-state index contributed by atoms with van der Waals surface area (Å²) in [5.74, 6) is 2.80. The van der Waals surface area contributed by atoms with Gasteiger partial charge >= 0.3 is 0 Å². The molecule has 0 spiro atoms. The van der Waals surface area contributed by atoms with Crippen molar-refractivity contribution in [3.05, 3.63) is 182 Å². The predicted octanol–water partition coefficient (Wildman–Crippen LogP) is 13.1. The van der Waals surface area contributed by atoms with E-state index in [4.69, 9.17) is 9.47 Å². The highest BCUT2D eigenvalue weighted by Gasteiger charge is 2.29. The normalized spacial score (nSPS) is 12.2. The van der Waals surface area contributed by atoms with E-state index in [1.807, 2.05) is 12.1 Å². The number of para-hydroxylation sites is 2. The van der Waals surface area contributed by atoms with Gasteiger partial charge in [0.1, 0.15) is 11.0 Å². The van der Waals surface area contributed by atoms with Gasteiger partial charge in [-0.25, -0.2) is 0 Å². The summed E-state index contributed by atoms with van der Waals surface area (Å²) in [6, 6.07) is 64.0. The first-order valence-corrected chi connectivity index (χ1v) is 17.6. The second-order valence-electron chi connectivity index (χ2n) is 13.3. The molecule has 0 saturated carbocycles.